The maximum Gasteiger partial charge on any atom is 0.418 e. The van der Waals surface area contributed by atoms with Gasteiger partial charge in [0.25, 0.3) is 0 Å². The van der Waals surface area contributed by atoms with E-state index in [4.69, 9.17) is 0 Å². The standard InChI is InChI=1S/C9H7F3INO2/c1-2-16-8(15)7-6(9(10,11)12)3-5(13)4-14-7/h3-4H,2H2,1H3. The molecule has 0 aliphatic heterocycles. The topological polar surface area (TPSA) is 39.2 Å². The summed E-state index contributed by atoms with van der Waals surface area (Å²) in [6.07, 6.45) is -3.43. The van der Waals surface area contributed by atoms with Crippen molar-refractivity contribution in [2.75, 3.05) is 6.61 Å². The van der Waals surface area contributed by atoms with Gasteiger partial charge < -0.3 is 4.74 Å². The zero-order valence-corrected chi connectivity index (χ0v) is 10.3. The van der Waals surface area contributed by atoms with Crippen LogP contribution in [-0.4, -0.2) is 17.6 Å². The van der Waals surface area contributed by atoms with Crippen LogP contribution < -0.4 is 0 Å². The van der Waals surface area contributed by atoms with Crippen molar-refractivity contribution in [3.63, 3.8) is 0 Å². The minimum absolute atomic E-state index is 0.00377. The van der Waals surface area contributed by atoms with E-state index in [0.717, 1.165) is 6.07 Å². The Morgan fingerprint density at radius 1 is 1.56 bits per heavy atom. The molecule has 16 heavy (non-hydrogen) atoms. The maximum absolute atomic E-state index is 12.6. The van der Waals surface area contributed by atoms with Gasteiger partial charge >= 0.3 is 12.1 Å². The number of hydrogen-bond donors (Lipinski definition) is 0. The molecule has 0 aliphatic carbocycles. The molecule has 0 aliphatic rings. The summed E-state index contributed by atoms with van der Waals surface area (Å²) in [4.78, 5) is 14.7. The fourth-order valence-electron chi connectivity index (χ4n) is 1.02. The average Bonchev–Trinajstić information content (AvgIpc) is 2.16. The van der Waals surface area contributed by atoms with E-state index in [1.807, 2.05) is 0 Å². The van der Waals surface area contributed by atoms with E-state index in [-0.39, 0.29) is 6.61 Å². The Labute approximate surface area is 103 Å². The fraction of sp³-hybridized carbons (Fsp3) is 0.333. The molecule has 1 rings (SSSR count). The second kappa shape index (κ2) is 4.98. The second-order valence-electron chi connectivity index (χ2n) is 2.77. The zero-order chi connectivity index (χ0) is 12.3. The van der Waals surface area contributed by atoms with Crippen LogP contribution in [-0.2, 0) is 10.9 Å². The molecular formula is C9H7F3INO2. The molecule has 0 atom stereocenters. The number of rotatable bonds is 2. The monoisotopic (exact) mass is 345 g/mol. The Kier molecular flexibility index (Phi) is 4.11. The number of aromatic nitrogens is 1. The Hall–Kier alpha value is -0.860. The molecular weight excluding hydrogens is 338 g/mol. The van der Waals surface area contributed by atoms with E-state index in [0.29, 0.717) is 3.57 Å². The molecule has 88 valence electrons. The van der Waals surface area contributed by atoms with Crippen LogP contribution in [0, 0.1) is 3.57 Å². The number of carbonyl (C=O) groups excluding carboxylic acids is 1. The summed E-state index contributed by atoms with van der Waals surface area (Å²) in [6, 6.07) is 0.861. The normalized spacial score (nSPS) is 11.3. The molecule has 0 bridgehead atoms. The number of ether oxygens (including phenoxy) is 1. The number of halogens is 4. The van der Waals surface area contributed by atoms with Crippen molar-refractivity contribution in [3.8, 4) is 0 Å². The van der Waals surface area contributed by atoms with Gasteiger partial charge in [-0.05, 0) is 35.6 Å². The van der Waals surface area contributed by atoms with Crippen LogP contribution >= 0.6 is 22.6 Å². The van der Waals surface area contributed by atoms with Crippen molar-refractivity contribution in [1.82, 2.24) is 4.98 Å². The molecule has 1 aromatic heterocycles. The maximum atomic E-state index is 12.6. The molecule has 0 aromatic carbocycles. The van der Waals surface area contributed by atoms with Gasteiger partial charge in [0.1, 0.15) is 0 Å². The first-order valence-corrected chi connectivity index (χ1v) is 5.34. The Bertz CT molecular complexity index is 406. The lowest BCUT2D eigenvalue weighted by molar-refractivity contribution is -0.138. The van der Waals surface area contributed by atoms with E-state index in [1.54, 1.807) is 22.6 Å². The van der Waals surface area contributed by atoms with Crippen molar-refractivity contribution in [1.29, 1.82) is 0 Å². The Morgan fingerprint density at radius 3 is 2.69 bits per heavy atom. The van der Waals surface area contributed by atoms with Gasteiger partial charge in [-0.15, -0.1) is 0 Å². The highest BCUT2D eigenvalue weighted by Gasteiger charge is 2.36. The first-order chi connectivity index (χ1) is 7.36. The molecule has 0 N–H and O–H groups in total. The van der Waals surface area contributed by atoms with Gasteiger partial charge in [-0.1, -0.05) is 0 Å². The van der Waals surface area contributed by atoms with Crippen molar-refractivity contribution in [2.45, 2.75) is 13.1 Å². The van der Waals surface area contributed by atoms with Crippen molar-refractivity contribution >= 4 is 28.6 Å². The van der Waals surface area contributed by atoms with Gasteiger partial charge in [0, 0.05) is 9.77 Å². The Morgan fingerprint density at radius 2 is 2.19 bits per heavy atom. The van der Waals surface area contributed by atoms with Crippen molar-refractivity contribution < 1.29 is 22.7 Å². The predicted octanol–water partition coefficient (Wildman–Crippen LogP) is 2.88. The van der Waals surface area contributed by atoms with Crippen LogP contribution in [0.15, 0.2) is 12.3 Å². The van der Waals surface area contributed by atoms with Gasteiger partial charge in [-0.3, -0.25) is 0 Å². The molecule has 1 heterocycles. The zero-order valence-electron chi connectivity index (χ0n) is 8.14. The van der Waals surface area contributed by atoms with E-state index in [9.17, 15) is 18.0 Å². The van der Waals surface area contributed by atoms with Gasteiger partial charge in [0.05, 0.1) is 12.2 Å². The summed E-state index contributed by atoms with van der Waals surface area (Å²) < 4.78 is 42.5. The van der Waals surface area contributed by atoms with E-state index in [2.05, 4.69) is 9.72 Å². The van der Waals surface area contributed by atoms with E-state index < -0.39 is 23.4 Å². The summed E-state index contributed by atoms with van der Waals surface area (Å²) in [7, 11) is 0. The molecule has 0 amide bonds. The first-order valence-electron chi connectivity index (χ1n) is 4.26. The molecule has 0 radical (unpaired) electrons. The average molecular weight is 345 g/mol. The lowest BCUT2D eigenvalue weighted by atomic mass is 10.2. The van der Waals surface area contributed by atoms with Crippen molar-refractivity contribution in [2.24, 2.45) is 0 Å². The summed E-state index contributed by atoms with van der Waals surface area (Å²) in [5.41, 5.74) is -1.77. The number of nitrogens with zero attached hydrogens (tertiary/aromatic N) is 1. The molecule has 7 heteroatoms. The van der Waals surface area contributed by atoms with Gasteiger partial charge in [0.2, 0.25) is 0 Å². The summed E-state index contributed by atoms with van der Waals surface area (Å²) in [6.45, 7) is 1.52. The summed E-state index contributed by atoms with van der Waals surface area (Å²) in [5.74, 6) is -1.06. The number of carbonyl (C=O) groups is 1. The van der Waals surface area contributed by atoms with Crippen LogP contribution in [0.5, 0.6) is 0 Å². The van der Waals surface area contributed by atoms with E-state index in [1.165, 1.54) is 13.1 Å². The number of pyridine rings is 1. The van der Waals surface area contributed by atoms with Crippen LogP contribution in [0.25, 0.3) is 0 Å². The smallest absolute Gasteiger partial charge is 0.418 e. The fourth-order valence-corrected chi connectivity index (χ4v) is 1.47. The Balaban J connectivity index is 3.23. The molecule has 3 nitrogen and oxygen atoms in total. The highest BCUT2D eigenvalue weighted by atomic mass is 127. The van der Waals surface area contributed by atoms with Crippen LogP contribution in [0.1, 0.15) is 23.0 Å². The van der Waals surface area contributed by atoms with Gasteiger partial charge in [0.15, 0.2) is 5.69 Å². The minimum Gasteiger partial charge on any atom is -0.461 e. The largest absolute Gasteiger partial charge is 0.461 e. The number of hydrogen-bond acceptors (Lipinski definition) is 3. The van der Waals surface area contributed by atoms with Crippen LogP contribution in [0.4, 0.5) is 13.2 Å². The third kappa shape index (κ3) is 3.06. The highest BCUT2D eigenvalue weighted by Crippen LogP contribution is 2.32. The summed E-state index contributed by atoms with van der Waals surface area (Å²) >= 11 is 1.69. The van der Waals surface area contributed by atoms with Gasteiger partial charge in [-0.2, -0.15) is 13.2 Å². The SMILES string of the molecule is CCOC(=O)c1ncc(I)cc1C(F)(F)F. The molecule has 0 saturated carbocycles. The second-order valence-corrected chi connectivity index (χ2v) is 4.01. The predicted molar refractivity (Wildman–Crippen MR) is 57.9 cm³/mol. The molecule has 0 unspecified atom stereocenters. The van der Waals surface area contributed by atoms with Crippen LogP contribution in [0.3, 0.4) is 0 Å². The molecule has 1 aromatic rings. The molecule has 0 saturated heterocycles. The molecule has 0 fully saturated rings. The lowest BCUT2D eigenvalue weighted by Crippen LogP contribution is -2.17. The quantitative estimate of drug-likeness (QED) is 0.611. The molecule has 0 spiro atoms. The van der Waals surface area contributed by atoms with Crippen molar-refractivity contribution in [3.05, 3.63) is 27.1 Å². The third-order valence-corrected chi connectivity index (χ3v) is 2.22. The first kappa shape index (κ1) is 13.2. The number of esters is 1. The van der Waals surface area contributed by atoms with Gasteiger partial charge in [-0.25, -0.2) is 9.78 Å². The third-order valence-electron chi connectivity index (χ3n) is 1.63. The highest BCUT2D eigenvalue weighted by molar-refractivity contribution is 14.1. The number of alkyl halides is 3. The van der Waals surface area contributed by atoms with E-state index >= 15 is 0 Å². The minimum atomic E-state index is -4.61. The van der Waals surface area contributed by atoms with Crippen LogP contribution in [0.2, 0.25) is 0 Å². The lowest BCUT2D eigenvalue weighted by Gasteiger charge is -2.11. The summed E-state index contributed by atoms with van der Waals surface area (Å²) in [5, 5.41) is 0.